The molecule has 0 radical (unpaired) electrons. The van der Waals surface area contributed by atoms with Crippen LogP contribution in [0.5, 0.6) is 5.75 Å². The van der Waals surface area contributed by atoms with Crippen LogP contribution in [0.1, 0.15) is 28.1 Å². The molecule has 1 heterocycles. The summed E-state index contributed by atoms with van der Waals surface area (Å²) in [6.45, 7) is 0.773. The molecule has 2 rings (SSSR count). The number of aliphatic carboxylic acids is 1. The second kappa shape index (κ2) is 8.55. The van der Waals surface area contributed by atoms with Gasteiger partial charge in [0.1, 0.15) is 5.75 Å². The standard InChI is InChI=1S/C16H16ClNO4S/c17-14-8-7-13(23-14)16(21)18-10-11-3-5-12(6-4-11)22-9-1-2-15(19)20/h3-8H,1-2,9-10H2,(H,18,21)(H,19,20). The predicted octanol–water partition coefficient (Wildman–Crippen LogP) is 3.58. The molecule has 7 heteroatoms. The SMILES string of the molecule is O=C(O)CCCOc1ccc(CNC(=O)c2ccc(Cl)s2)cc1. The molecule has 0 bridgehead atoms. The summed E-state index contributed by atoms with van der Waals surface area (Å²) in [6.07, 6.45) is 0.563. The van der Waals surface area contributed by atoms with E-state index in [1.807, 2.05) is 12.1 Å². The maximum Gasteiger partial charge on any atom is 0.303 e. The molecule has 0 saturated heterocycles. The predicted molar refractivity (Wildman–Crippen MR) is 89.3 cm³/mol. The van der Waals surface area contributed by atoms with E-state index in [1.165, 1.54) is 11.3 Å². The minimum absolute atomic E-state index is 0.0941. The summed E-state index contributed by atoms with van der Waals surface area (Å²) in [4.78, 5) is 22.9. The summed E-state index contributed by atoms with van der Waals surface area (Å²) in [5.41, 5.74) is 0.943. The summed E-state index contributed by atoms with van der Waals surface area (Å²) in [5, 5.41) is 11.4. The molecule has 5 nitrogen and oxygen atoms in total. The normalized spacial score (nSPS) is 10.3. The molecule has 23 heavy (non-hydrogen) atoms. The lowest BCUT2D eigenvalue weighted by molar-refractivity contribution is -0.137. The lowest BCUT2D eigenvalue weighted by atomic mass is 10.2. The molecule has 1 amide bonds. The summed E-state index contributed by atoms with van der Waals surface area (Å²) in [7, 11) is 0. The van der Waals surface area contributed by atoms with Crippen LogP contribution in [0, 0.1) is 0 Å². The van der Waals surface area contributed by atoms with E-state index >= 15 is 0 Å². The molecular weight excluding hydrogens is 338 g/mol. The van der Waals surface area contributed by atoms with Crippen LogP contribution in [0.2, 0.25) is 4.34 Å². The fourth-order valence-electron chi connectivity index (χ4n) is 1.82. The van der Waals surface area contributed by atoms with Crippen LogP contribution in [0.3, 0.4) is 0 Å². The molecule has 0 aliphatic heterocycles. The van der Waals surface area contributed by atoms with Crippen molar-refractivity contribution in [2.45, 2.75) is 19.4 Å². The zero-order chi connectivity index (χ0) is 16.7. The maximum absolute atomic E-state index is 11.9. The van der Waals surface area contributed by atoms with Crippen molar-refractivity contribution in [1.82, 2.24) is 5.32 Å². The lowest BCUT2D eigenvalue weighted by Gasteiger charge is -2.07. The Hall–Kier alpha value is -2.05. The first-order valence-corrected chi connectivity index (χ1v) is 8.21. The van der Waals surface area contributed by atoms with Gasteiger partial charge in [0.2, 0.25) is 0 Å². The monoisotopic (exact) mass is 353 g/mol. The molecule has 1 aromatic heterocycles. The summed E-state index contributed by atoms with van der Waals surface area (Å²) < 4.78 is 6.03. The van der Waals surface area contributed by atoms with E-state index in [0.29, 0.717) is 34.5 Å². The molecule has 0 atom stereocenters. The van der Waals surface area contributed by atoms with Crippen molar-refractivity contribution in [2.75, 3.05) is 6.61 Å². The van der Waals surface area contributed by atoms with Gasteiger partial charge >= 0.3 is 5.97 Å². The van der Waals surface area contributed by atoms with Gasteiger partial charge in [-0.25, -0.2) is 0 Å². The number of carboxylic acids is 1. The van der Waals surface area contributed by atoms with Crippen LogP contribution in [-0.2, 0) is 11.3 Å². The molecule has 0 saturated carbocycles. The summed E-state index contributed by atoms with van der Waals surface area (Å²) in [6, 6.07) is 10.7. The Morgan fingerprint density at radius 3 is 2.52 bits per heavy atom. The minimum atomic E-state index is -0.827. The van der Waals surface area contributed by atoms with E-state index in [4.69, 9.17) is 21.4 Å². The summed E-state index contributed by atoms with van der Waals surface area (Å²) >= 11 is 7.04. The average Bonchev–Trinajstić information content (AvgIpc) is 2.97. The van der Waals surface area contributed by atoms with Crippen molar-refractivity contribution in [1.29, 1.82) is 0 Å². The van der Waals surface area contributed by atoms with Crippen molar-refractivity contribution in [2.24, 2.45) is 0 Å². The number of carbonyl (C=O) groups is 2. The van der Waals surface area contributed by atoms with Crippen LogP contribution in [-0.4, -0.2) is 23.6 Å². The van der Waals surface area contributed by atoms with Crippen LogP contribution in [0.4, 0.5) is 0 Å². The van der Waals surface area contributed by atoms with Gasteiger partial charge < -0.3 is 15.2 Å². The quantitative estimate of drug-likeness (QED) is 0.711. The number of amides is 1. The van der Waals surface area contributed by atoms with Crippen LogP contribution in [0.15, 0.2) is 36.4 Å². The molecule has 0 fully saturated rings. The Balaban J connectivity index is 1.76. The van der Waals surface area contributed by atoms with Gasteiger partial charge in [0.05, 0.1) is 15.8 Å². The van der Waals surface area contributed by atoms with E-state index in [1.54, 1.807) is 24.3 Å². The Morgan fingerprint density at radius 2 is 1.91 bits per heavy atom. The topological polar surface area (TPSA) is 75.6 Å². The number of ether oxygens (including phenoxy) is 1. The van der Waals surface area contributed by atoms with Crippen LogP contribution >= 0.6 is 22.9 Å². The van der Waals surface area contributed by atoms with Crippen molar-refractivity contribution in [3.8, 4) is 5.75 Å². The number of carboxylic acid groups (broad SMARTS) is 1. The number of carbonyl (C=O) groups excluding carboxylic acids is 1. The zero-order valence-electron chi connectivity index (χ0n) is 12.3. The number of halogens is 1. The van der Waals surface area contributed by atoms with Gasteiger partial charge in [0.15, 0.2) is 0 Å². The minimum Gasteiger partial charge on any atom is -0.494 e. The lowest BCUT2D eigenvalue weighted by Crippen LogP contribution is -2.21. The first kappa shape index (κ1) is 17.3. The van der Waals surface area contributed by atoms with Crippen molar-refractivity contribution < 1.29 is 19.4 Å². The molecule has 0 unspecified atom stereocenters. The van der Waals surface area contributed by atoms with E-state index in [0.717, 1.165) is 5.56 Å². The highest BCUT2D eigenvalue weighted by atomic mass is 35.5. The Kier molecular flexibility index (Phi) is 6.43. The van der Waals surface area contributed by atoms with Gasteiger partial charge in [-0.05, 0) is 36.2 Å². The Morgan fingerprint density at radius 1 is 1.17 bits per heavy atom. The van der Waals surface area contributed by atoms with Gasteiger partial charge in [-0.2, -0.15) is 0 Å². The number of benzene rings is 1. The number of nitrogens with one attached hydrogen (secondary N) is 1. The largest absolute Gasteiger partial charge is 0.494 e. The highest BCUT2D eigenvalue weighted by molar-refractivity contribution is 7.17. The number of rotatable bonds is 8. The average molecular weight is 354 g/mol. The molecule has 0 aliphatic carbocycles. The first-order valence-electron chi connectivity index (χ1n) is 7.01. The number of hydrogen-bond donors (Lipinski definition) is 2. The third-order valence-corrected chi connectivity index (χ3v) is 4.21. The van der Waals surface area contributed by atoms with E-state index in [9.17, 15) is 9.59 Å². The molecule has 0 aliphatic rings. The molecule has 122 valence electrons. The van der Waals surface area contributed by atoms with E-state index in [2.05, 4.69) is 5.32 Å². The Labute approximate surface area is 142 Å². The highest BCUT2D eigenvalue weighted by Gasteiger charge is 2.08. The number of thiophene rings is 1. The Bertz CT molecular complexity index is 669. The van der Waals surface area contributed by atoms with Gasteiger partial charge in [-0.15, -0.1) is 11.3 Å². The molecule has 1 aromatic carbocycles. The smallest absolute Gasteiger partial charge is 0.303 e. The third-order valence-electron chi connectivity index (χ3n) is 2.98. The second-order valence-electron chi connectivity index (χ2n) is 4.78. The van der Waals surface area contributed by atoms with Gasteiger partial charge in [0.25, 0.3) is 5.91 Å². The zero-order valence-corrected chi connectivity index (χ0v) is 13.8. The van der Waals surface area contributed by atoms with Gasteiger partial charge in [0, 0.05) is 13.0 Å². The van der Waals surface area contributed by atoms with E-state index < -0.39 is 5.97 Å². The van der Waals surface area contributed by atoms with E-state index in [-0.39, 0.29) is 12.3 Å². The molecule has 0 spiro atoms. The fourth-order valence-corrected chi connectivity index (χ4v) is 2.78. The van der Waals surface area contributed by atoms with Crippen LogP contribution in [0.25, 0.3) is 0 Å². The van der Waals surface area contributed by atoms with Crippen molar-refractivity contribution >= 4 is 34.8 Å². The van der Waals surface area contributed by atoms with Crippen molar-refractivity contribution in [3.63, 3.8) is 0 Å². The maximum atomic E-state index is 11.9. The van der Waals surface area contributed by atoms with Gasteiger partial charge in [-0.3, -0.25) is 9.59 Å². The fraction of sp³-hybridized carbons (Fsp3) is 0.250. The number of hydrogen-bond acceptors (Lipinski definition) is 4. The van der Waals surface area contributed by atoms with Gasteiger partial charge in [-0.1, -0.05) is 23.7 Å². The molecular formula is C16H16ClNO4S. The molecule has 2 N–H and O–H groups in total. The molecule has 2 aromatic rings. The summed E-state index contributed by atoms with van der Waals surface area (Å²) in [5.74, 6) is -0.307. The van der Waals surface area contributed by atoms with Crippen molar-refractivity contribution in [3.05, 3.63) is 51.2 Å². The second-order valence-corrected chi connectivity index (χ2v) is 6.49. The third kappa shape index (κ3) is 5.92. The van der Waals surface area contributed by atoms with Crippen LogP contribution < -0.4 is 10.1 Å². The highest BCUT2D eigenvalue weighted by Crippen LogP contribution is 2.21. The first-order chi connectivity index (χ1) is 11.0.